The predicted molar refractivity (Wildman–Crippen MR) is 119 cm³/mol. The van der Waals surface area contributed by atoms with Gasteiger partial charge < -0.3 is 14.5 Å². The highest BCUT2D eigenvalue weighted by Crippen LogP contribution is 2.21. The number of nitrogens with zero attached hydrogens (tertiary/aromatic N) is 5. The van der Waals surface area contributed by atoms with Gasteiger partial charge in [-0.3, -0.25) is 4.79 Å². The van der Waals surface area contributed by atoms with E-state index in [9.17, 15) is 9.59 Å². The summed E-state index contributed by atoms with van der Waals surface area (Å²) in [5.41, 5.74) is 3.12. The molecule has 8 heteroatoms. The fraction of sp³-hybridized carbons (Fsp3) is 0.333. The van der Waals surface area contributed by atoms with Crippen molar-refractivity contribution in [2.75, 3.05) is 19.6 Å². The summed E-state index contributed by atoms with van der Waals surface area (Å²) in [7, 11) is 0. The lowest BCUT2D eigenvalue weighted by Gasteiger charge is -2.27. The zero-order valence-corrected chi connectivity index (χ0v) is 18.3. The fourth-order valence-electron chi connectivity index (χ4n) is 3.84. The molecule has 8 nitrogen and oxygen atoms in total. The molecule has 1 aliphatic rings. The summed E-state index contributed by atoms with van der Waals surface area (Å²) in [5, 5.41) is 8.38. The molecule has 0 aliphatic carbocycles. The van der Waals surface area contributed by atoms with Gasteiger partial charge in [-0.15, -0.1) is 0 Å². The lowest BCUT2D eigenvalue weighted by atomic mass is 10.1. The molecule has 0 unspecified atom stereocenters. The summed E-state index contributed by atoms with van der Waals surface area (Å²) in [6.07, 6.45) is 3.49. The van der Waals surface area contributed by atoms with Crippen LogP contribution in [-0.4, -0.2) is 62.5 Å². The van der Waals surface area contributed by atoms with Gasteiger partial charge in [-0.2, -0.15) is 15.0 Å². The molecule has 1 fully saturated rings. The van der Waals surface area contributed by atoms with Gasteiger partial charge in [0.1, 0.15) is 6.61 Å². The Labute approximate surface area is 187 Å². The van der Waals surface area contributed by atoms with E-state index in [1.54, 1.807) is 17.3 Å². The van der Waals surface area contributed by atoms with E-state index in [0.29, 0.717) is 37.3 Å². The van der Waals surface area contributed by atoms with Crippen LogP contribution in [0.2, 0.25) is 0 Å². The molecule has 166 valence electrons. The topological polar surface area (TPSA) is 80.6 Å². The van der Waals surface area contributed by atoms with E-state index >= 15 is 0 Å². The first-order chi connectivity index (χ1) is 15.5. The van der Waals surface area contributed by atoms with Crippen molar-refractivity contribution in [2.45, 2.75) is 32.9 Å². The number of hydrogen-bond donors (Lipinski definition) is 0. The Bertz CT molecular complexity index is 1070. The Morgan fingerprint density at radius 2 is 1.78 bits per heavy atom. The molecule has 1 aromatic heterocycles. The molecule has 2 aromatic carbocycles. The van der Waals surface area contributed by atoms with E-state index in [1.807, 2.05) is 67.3 Å². The Morgan fingerprint density at radius 1 is 1.03 bits per heavy atom. The molecule has 0 radical (unpaired) electrons. The van der Waals surface area contributed by atoms with E-state index in [0.717, 1.165) is 11.1 Å². The third-order valence-corrected chi connectivity index (χ3v) is 5.70. The minimum Gasteiger partial charge on any atom is -0.445 e. The molecule has 2 amide bonds. The van der Waals surface area contributed by atoms with Gasteiger partial charge in [0, 0.05) is 25.7 Å². The molecule has 2 heterocycles. The average molecular weight is 434 g/mol. The maximum atomic E-state index is 13.5. The Balaban J connectivity index is 1.46. The molecule has 0 N–H and O–H groups in total. The van der Waals surface area contributed by atoms with Crippen molar-refractivity contribution in [2.24, 2.45) is 0 Å². The number of benzene rings is 2. The van der Waals surface area contributed by atoms with Gasteiger partial charge in [-0.1, -0.05) is 42.0 Å². The highest BCUT2D eigenvalue weighted by atomic mass is 16.6. The van der Waals surface area contributed by atoms with Crippen LogP contribution >= 0.6 is 0 Å². The van der Waals surface area contributed by atoms with E-state index in [2.05, 4.69) is 10.2 Å². The van der Waals surface area contributed by atoms with Gasteiger partial charge in [0.15, 0.2) is 0 Å². The molecule has 0 bridgehead atoms. The summed E-state index contributed by atoms with van der Waals surface area (Å²) in [5.74, 6) is -0.0898. The molecule has 4 rings (SSSR count). The van der Waals surface area contributed by atoms with Gasteiger partial charge >= 0.3 is 6.09 Å². The van der Waals surface area contributed by atoms with Crippen LogP contribution in [0.25, 0.3) is 5.69 Å². The van der Waals surface area contributed by atoms with Crippen LogP contribution in [0.15, 0.2) is 60.9 Å². The highest BCUT2D eigenvalue weighted by Gasteiger charge is 2.29. The standard InChI is InChI=1S/C24H27N5O3/c1-18-8-9-22(29-25-11-12-26-29)21(16-18)23(30)28-15-14-27(13-10-19(28)2)24(31)32-17-20-6-4-3-5-7-20/h3-9,11-12,16,19H,10,13-15,17H2,1-2H3/t19-/m1/s1. The van der Waals surface area contributed by atoms with Crippen LogP contribution in [0.4, 0.5) is 4.79 Å². The molecule has 1 aliphatic heterocycles. The van der Waals surface area contributed by atoms with Crippen molar-refractivity contribution in [3.05, 3.63) is 77.6 Å². The summed E-state index contributed by atoms with van der Waals surface area (Å²) < 4.78 is 5.49. The minimum atomic E-state index is -0.354. The highest BCUT2D eigenvalue weighted by molar-refractivity contribution is 5.98. The summed E-state index contributed by atoms with van der Waals surface area (Å²) in [6, 6.07) is 15.2. The van der Waals surface area contributed by atoms with Crippen molar-refractivity contribution < 1.29 is 14.3 Å². The zero-order valence-electron chi connectivity index (χ0n) is 18.3. The number of carbonyl (C=O) groups excluding carboxylic acids is 2. The first kappa shape index (κ1) is 21.5. The van der Waals surface area contributed by atoms with Crippen molar-refractivity contribution in [3.63, 3.8) is 0 Å². The van der Waals surface area contributed by atoms with Crippen LogP contribution in [-0.2, 0) is 11.3 Å². The molecule has 32 heavy (non-hydrogen) atoms. The number of hydrogen-bond acceptors (Lipinski definition) is 5. The molecule has 3 aromatic rings. The number of ether oxygens (including phenoxy) is 1. The lowest BCUT2D eigenvalue weighted by Crippen LogP contribution is -2.41. The van der Waals surface area contributed by atoms with Crippen LogP contribution in [0.5, 0.6) is 0 Å². The molecular formula is C24H27N5O3. The Kier molecular flexibility index (Phi) is 6.49. The summed E-state index contributed by atoms with van der Waals surface area (Å²) in [6.45, 7) is 5.59. The minimum absolute atomic E-state index is 0.0200. The largest absolute Gasteiger partial charge is 0.445 e. The molecular weight excluding hydrogens is 406 g/mol. The number of aryl methyl sites for hydroxylation is 1. The van der Waals surface area contributed by atoms with Crippen molar-refractivity contribution >= 4 is 12.0 Å². The van der Waals surface area contributed by atoms with Crippen molar-refractivity contribution in [1.82, 2.24) is 24.8 Å². The first-order valence-corrected chi connectivity index (χ1v) is 10.8. The number of carbonyl (C=O) groups is 2. The third-order valence-electron chi connectivity index (χ3n) is 5.70. The Morgan fingerprint density at radius 3 is 2.53 bits per heavy atom. The maximum absolute atomic E-state index is 13.5. The van der Waals surface area contributed by atoms with Crippen LogP contribution in [0, 0.1) is 6.92 Å². The van der Waals surface area contributed by atoms with Crippen LogP contribution in [0.1, 0.15) is 34.8 Å². The van der Waals surface area contributed by atoms with Crippen molar-refractivity contribution in [3.8, 4) is 5.69 Å². The molecule has 0 spiro atoms. The molecule has 1 atom stereocenters. The first-order valence-electron chi connectivity index (χ1n) is 10.8. The summed E-state index contributed by atoms with van der Waals surface area (Å²) >= 11 is 0. The predicted octanol–water partition coefficient (Wildman–Crippen LogP) is 3.45. The van der Waals surface area contributed by atoms with Gasteiger partial charge in [-0.25, -0.2) is 4.79 Å². The smallest absolute Gasteiger partial charge is 0.410 e. The van der Waals surface area contributed by atoms with E-state index in [-0.39, 0.29) is 24.6 Å². The van der Waals surface area contributed by atoms with Gasteiger partial charge in [0.2, 0.25) is 0 Å². The maximum Gasteiger partial charge on any atom is 0.410 e. The van der Waals surface area contributed by atoms with E-state index in [4.69, 9.17) is 4.74 Å². The second-order valence-electron chi connectivity index (χ2n) is 8.00. The fourth-order valence-corrected chi connectivity index (χ4v) is 3.84. The van der Waals surface area contributed by atoms with Crippen LogP contribution in [0.3, 0.4) is 0 Å². The Hall–Kier alpha value is -3.68. The number of aromatic nitrogens is 3. The quantitative estimate of drug-likeness (QED) is 0.630. The summed E-state index contributed by atoms with van der Waals surface area (Å²) in [4.78, 5) is 31.1. The monoisotopic (exact) mass is 433 g/mol. The second-order valence-corrected chi connectivity index (χ2v) is 8.00. The SMILES string of the molecule is Cc1ccc(-n2nccn2)c(C(=O)N2CCN(C(=O)OCc3ccccc3)CC[C@H]2C)c1. The average Bonchev–Trinajstić information content (AvgIpc) is 3.27. The van der Waals surface area contributed by atoms with E-state index < -0.39 is 0 Å². The number of amides is 2. The molecule has 0 saturated carbocycles. The third kappa shape index (κ3) is 4.80. The zero-order chi connectivity index (χ0) is 22.5. The number of rotatable bonds is 4. The van der Waals surface area contributed by atoms with E-state index in [1.165, 1.54) is 4.80 Å². The lowest BCUT2D eigenvalue weighted by molar-refractivity contribution is 0.0693. The normalized spacial score (nSPS) is 16.5. The van der Waals surface area contributed by atoms with Gasteiger partial charge in [-0.05, 0) is 38.0 Å². The second kappa shape index (κ2) is 9.64. The van der Waals surface area contributed by atoms with Gasteiger partial charge in [0.25, 0.3) is 5.91 Å². The van der Waals surface area contributed by atoms with Gasteiger partial charge in [0.05, 0.1) is 23.6 Å². The molecule has 1 saturated heterocycles. The van der Waals surface area contributed by atoms with Crippen LogP contribution < -0.4 is 0 Å². The van der Waals surface area contributed by atoms with Crippen molar-refractivity contribution in [1.29, 1.82) is 0 Å².